The smallest absolute Gasteiger partial charge is 0.328 e. The van der Waals surface area contributed by atoms with E-state index in [0.29, 0.717) is 12.8 Å². The van der Waals surface area contributed by atoms with Gasteiger partial charge in [0.2, 0.25) is 23.6 Å². The van der Waals surface area contributed by atoms with E-state index in [0.717, 1.165) is 6.92 Å². The number of carbonyl (C=O) groups is 6. The van der Waals surface area contributed by atoms with Gasteiger partial charge in [0.15, 0.2) is 6.04 Å². The molecular formula is C19H34N6O9. The third-order valence-corrected chi connectivity index (χ3v) is 4.68. The second-order valence-corrected chi connectivity index (χ2v) is 7.68. The summed E-state index contributed by atoms with van der Waals surface area (Å²) in [7, 11) is 0. The van der Waals surface area contributed by atoms with Gasteiger partial charge >= 0.3 is 11.9 Å². The Bertz CT molecular complexity index is 746. The molecule has 15 heteroatoms. The number of carbonyl (C=O) groups excluding carboxylic acids is 4. The van der Waals surface area contributed by atoms with Gasteiger partial charge in [-0.2, -0.15) is 0 Å². The second kappa shape index (κ2) is 15.5. The summed E-state index contributed by atoms with van der Waals surface area (Å²) < 4.78 is 0. The molecule has 5 unspecified atom stereocenters. The summed E-state index contributed by atoms with van der Waals surface area (Å²) >= 11 is 0. The number of hydrogen-bond donors (Lipinski definition) is 9. The molecule has 15 nitrogen and oxygen atoms in total. The molecule has 0 aliphatic carbocycles. The molecule has 4 amide bonds. The summed E-state index contributed by atoms with van der Waals surface area (Å²) in [6.07, 6.45) is -1.78. The molecule has 0 aromatic carbocycles. The van der Waals surface area contributed by atoms with Crippen LogP contribution in [0.25, 0.3) is 0 Å². The van der Waals surface area contributed by atoms with Crippen LogP contribution in [0.15, 0.2) is 0 Å². The standard InChI is InChI=1S/C19H34N6O9/c1-9(26)15(19(33)34)25-17(31)11(4-2-3-7-20)23-18(32)12(8-14(28)29)24-16(30)10(21)5-6-13(22)27/h9-12,15,26H,2-8,20-21H2,1H3,(H2,22,27)(H,23,32)(H,24,30)(H,25,31)(H,28,29)(H,33,34). The molecule has 0 rings (SSSR count). The van der Waals surface area contributed by atoms with Crippen molar-refractivity contribution in [2.45, 2.75) is 75.7 Å². The minimum absolute atomic E-state index is 0.0206. The molecule has 0 fully saturated rings. The normalized spacial score (nSPS) is 15.2. The maximum atomic E-state index is 12.7. The van der Waals surface area contributed by atoms with E-state index in [1.54, 1.807) is 0 Å². The van der Waals surface area contributed by atoms with Crippen molar-refractivity contribution in [2.75, 3.05) is 6.54 Å². The number of amides is 4. The molecule has 0 bridgehead atoms. The minimum atomic E-state index is -1.65. The molecule has 34 heavy (non-hydrogen) atoms. The predicted octanol–water partition coefficient (Wildman–Crippen LogP) is -3.90. The molecule has 0 aliphatic heterocycles. The fourth-order valence-corrected chi connectivity index (χ4v) is 2.77. The van der Waals surface area contributed by atoms with E-state index in [1.165, 1.54) is 0 Å². The first-order valence-electron chi connectivity index (χ1n) is 10.6. The number of nitrogens with two attached hydrogens (primary N) is 3. The van der Waals surface area contributed by atoms with Crippen LogP contribution in [0.4, 0.5) is 0 Å². The van der Waals surface area contributed by atoms with Gasteiger partial charge in [-0.15, -0.1) is 0 Å². The van der Waals surface area contributed by atoms with Crippen molar-refractivity contribution >= 4 is 35.6 Å². The summed E-state index contributed by atoms with van der Waals surface area (Å²) in [4.78, 5) is 70.9. The summed E-state index contributed by atoms with van der Waals surface area (Å²) in [6.45, 7) is 1.44. The van der Waals surface area contributed by atoms with E-state index in [1.807, 2.05) is 0 Å². The van der Waals surface area contributed by atoms with Gasteiger partial charge in [0, 0.05) is 6.42 Å². The molecule has 0 radical (unpaired) electrons. The maximum absolute atomic E-state index is 12.7. The van der Waals surface area contributed by atoms with Crippen molar-refractivity contribution in [3.05, 3.63) is 0 Å². The first-order valence-corrected chi connectivity index (χ1v) is 10.6. The Morgan fingerprint density at radius 1 is 0.853 bits per heavy atom. The third-order valence-electron chi connectivity index (χ3n) is 4.68. The number of nitrogens with one attached hydrogen (secondary N) is 3. The SMILES string of the molecule is CC(O)C(NC(=O)C(CCCCN)NC(=O)C(CC(=O)O)NC(=O)C(N)CCC(N)=O)C(=O)O. The van der Waals surface area contributed by atoms with Crippen molar-refractivity contribution in [3.8, 4) is 0 Å². The molecule has 0 spiro atoms. The van der Waals surface area contributed by atoms with Gasteiger partial charge in [-0.1, -0.05) is 0 Å². The molecule has 0 heterocycles. The van der Waals surface area contributed by atoms with Gasteiger partial charge in [-0.3, -0.25) is 24.0 Å². The van der Waals surface area contributed by atoms with E-state index in [4.69, 9.17) is 27.4 Å². The zero-order valence-corrected chi connectivity index (χ0v) is 18.9. The van der Waals surface area contributed by atoms with E-state index >= 15 is 0 Å². The van der Waals surface area contributed by atoms with E-state index in [-0.39, 0.29) is 25.8 Å². The van der Waals surface area contributed by atoms with Crippen molar-refractivity contribution in [1.82, 2.24) is 16.0 Å². The number of rotatable bonds is 17. The highest BCUT2D eigenvalue weighted by Crippen LogP contribution is 2.05. The molecule has 194 valence electrons. The van der Waals surface area contributed by atoms with Crippen molar-refractivity contribution in [1.29, 1.82) is 0 Å². The molecular weight excluding hydrogens is 456 g/mol. The summed E-state index contributed by atoms with van der Waals surface area (Å²) in [5.74, 6) is -6.52. The number of carboxylic acid groups (broad SMARTS) is 2. The molecule has 0 aromatic rings. The number of aliphatic carboxylic acids is 2. The lowest BCUT2D eigenvalue weighted by Crippen LogP contribution is -2.58. The Hall–Kier alpha value is -3.30. The molecule has 12 N–H and O–H groups in total. The number of aliphatic hydroxyl groups excluding tert-OH is 1. The highest BCUT2D eigenvalue weighted by atomic mass is 16.4. The first kappa shape index (κ1) is 30.7. The first-order chi connectivity index (χ1) is 15.8. The fraction of sp³-hybridized carbons (Fsp3) is 0.684. The molecule has 0 saturated carbocycles. The van der Waals surface area contributed by atoms with Gasteiger partial charge in [0.25, 0.3) is 0 Å². The van der Waals surface area contributed by atoms with E-state index in [9.17, 15) is 33.9 Å². The molecule has 0 aliphatic rings. The highest BCUT2D eigenvalue weighted by molar-refractivity contribution is 5.95. The van der Waals surface area contributed by atoms with Crippen LogP contribution in [0.2, 0.25) is 0 Å². The average molecular weight is 491 g/mol. The lowest BCUT2D eigenvalue weighted by Gasteiger charge is -2.25. The van der Waals surface area contributed by atoms with Crippen LogP contribution in [0.3, 0.4) is 0 Å². The highest BCUT2D eigenvalue weighted by Gasteiger charge is 2.32. The molecule has 0 saturated heterocycles. The van der Waals surface area contributed by atoms with Crippen LogP contribution in [0.1, 0.15) is 45.4 Å². The third kappa shape index (κ3) is 12.1. The summed E-state index contributed by atoms with van der Waals surface area (Å²) in [6, 6.07) is -5.83. The van der Waals surface area contributed by atoms with Crippen LogP contribution < -0.4 is 33.2 Å². The molecule has 5 atom stereocenters. The minimum Gasteiger partial charge on any atom is -0.481 e. The van der Waals surface area contributed by atoms with Crippen molar-refractivity contribution in [2.24, 2.45) is 17.2 Å². The van der Waals surface area contributed by atoms with Gasteiger partial charge in [-0.05, 0) is 39.2 Å². The Balaban J connectivity index is 5.50. The van der Waals surface area contributed by atoms with Crippen LogP contribution in [0, 0.1) is 0 Å². The van der Waals surface area contributed by atoms with Gasteiger partial charge < -0.3 is 48.5 Å². The largest absolute Gasteiger partial charge is 0.481 e. The summed E-state index contributed by atoms with van der Waals surface area (Å²) in [5, 5.41) is 34.4. The van der Waals surface area contributed by atoms with Crippen LogP contribution in [0.5, 0.6) is 0 Å². The number of hydrogen-bond acceptors (Lipinski definition) is 9. The zero-order chi connectivity index (χ0) is 26.4. The fourth-order valence-electron chi connectivity index (χ4n) is 2.77. The summed E-state index contributed by atoms with van der Waals surface area (Å²) in [5.41, 5.74) is 16.1. The van der Waals surface area contributed by atoms with Crippen LogP contribution >= 0.6 is 0 Å². The number of unbranched alkanes of at least 4 members (excludes halogenated alkanes) is 1. The van der Waals surface area contributed by atoms with Crippen molar-refractivity contribution in [3.63, 3.8) is 0 Å². The molecule has 0 aromatic heterocycles. The Kier molecular flexibility index (Phi) is 14.0. The van der Waals surface area contributed by atoms with Crippen LogP contribution in [-0.4, -0.2) is 87.7 Å². The van der Waals surface area contributed by atoms with Gasteiger partial charge in [0.1, 0.15) is 12.1 Å². The Morgan fingerprint density at radius 2 is 1.41 bits per heavy atom. The Labute approximate surface area is 195 Å². The maximum Gasteiger partial charge on any atom is 0.328 e. The van der Waals surface area contributed by atoms with Gasteiger partial charge in [-0.25, -0.2) is 4.79 Å². The van der Waals surface area contributed by atoms with E-state index < -0.39 is 72.3 Å². The average Bonchev–Trinajstić information content (AvgIpc) is 2.73. The monoisotopic (exact) mass is 490 g/mol. The Morgan fingerprint density at radius 3 is 1.88 bits per heavy atom. The van der Waals surface area contributed by atoms with Crippen molar-refractivity contribution < 1.29 is 44.1 Å². The van der Waals surface area contributed by atoms with Crippen LogP contribution in [-0.2, 0) is 28.8 Å². The zero-order valence-electron chi connectivity index (χ0n) is 18.9. The number of aliphatic hydroxyl groups is 1. The lowest BCUT2D eigenvalue weighted by molar-refractivity contribution is -0.145. The number of carboxylic acids is 2. The predicted molar refractivity (Wildman–Crippen MR) is 117 cm³/mol. The second-order valence-electron chi connectivity index (χ2n) is 7.68. The van der Waals surface area contributed by atoms with Gasteiger partial charge in [0.05, 0.1) is 18.6 Å². The topological polar surface area (TPSA) is 277 Å². The lowest BCUT2D eigenvalue weighted by atomic mass is 10.1. The quantitative estimate of drug-likeness (QED) is 0.0888. The van der Waals surface area contributed by atoms with E-state index in [2.05, 4.69) is 16.0 Å². The number of primary amides is 1.